The molecular formula is C11H14N4O. The lowest BCUT2D eigenvalue weighted by Crippen LogP contribution is -2.26. The number of hydrogen-bond acceptors (Lipinski definition) is 5. The molecule has 3 rings (SSSR count). The van der Waals surface area contributed by atoms with Gasteiger partial charge in [0.05, 0.1) is 16.8 Å². The molecule has 3 heterocycles. The van der Waals surface area contributed by atoms with Gasteiger partial charge >= 0.3 is 0 Å². The minimum atomic E-state index is 0.267. The summed E-state index contributed by atoms with van der Waals surface area (Å²) in [6, 6.07) is 2.27. The van der Waals surface area contributed by atoms with Gasteiger partial charge in [-0.25, -0.2) is 4.98 Å². The van der Waals surface area contributed by atoms with E-state index in [9.17, 15) is 0 Å². The van der Waals surface area contributed by atoms with Gasteiger partial charge in [0, 0.05) is 25.3 Å². The predicted octanol–water partition coefficient (Wildman–Crippen LogP) is 1.07. The lowest BCUT2D eigenvalue weighted by atomic mass is 10.2. The van der Waals surface area contributed by atoms with Crippen molar-refractivity contribution >= 4 is 16.8 Å². The van der Waals surface area contributed by atoms with Crippen LogP contribution in [0.3, 0.4) is 0 Å². The highest BCUT2D eigenvalue weighted by Gasteiger charge is 2.22. The molecule has 2 aromatic heterocycles. The van der Waals surface area contributed by atoms with Gasteiger partial charge in [0.1, 0.15) is 0 Å². The Morgan fingerprint density at radius 3 is 3.19 bits per heavy atom. The van der Waals surface area contributed by atoms with E-state index in [1.54, 1.807) is 6.20 Å². The van der Waals surface area contributed by atoms with Crippen molar-refractivity contribution in [2.75, 3.05) is 18.0 Å². The lowest BCUT2D eigenvalue weighted by molar-refractivity contribution is 0.443. The minimum Gasteiger partial charge on any atom is -0.369 e. The SMILES string of the molecule is Cc1noc2nccc(N3CCC(N)C3)c12. The number of nitrogens with zero attached hydrogens (tertiary/aromatic N) is 3. The van der Waals surface area contributed by atoms with Gasteiger partial charge < -0.3 is 15.2 Å². The van der Waals surface area contributed by atoms with Crippen molar-refractivity contribution in [3.63, 3.8) is 0 Å². The maximum absolute atomic E-state index is 5.92. The molecule has 0 spiro atoms. The van der Waals surface area contributed by atoms with E-state index in [-0.39, 0.29) is 6.04 Å². The molecule has 1 aliphatic rings. The van der Waals surface area contributed by atoms with Crippen molar-refractivity contribution < 1.29 is 4.52 Å². The standard InChI is InChI=1S/C11H14N4O/c1-7-10-9(15-5-3-8(12)6-15)2-4-13-11(10)16-14-7/h2,4,8H,3,5-6,12H2,1H3. The van der Waals surface area contributed by atoms with E-state index in [2.05, 4.69) is 15.0 Å². The number of aromatic nitrogens is 2. The molecule has 1 aliphatic heterocycles. The molecule has 5 nitrogen and oxygen atoms in total. The Labute approximate surface area is 93.2 Å². The van der Waals surface area contributed by atoms with E-state index in [1.165, 1.54) is 0 Å². The molecule has 0 aliphatic carbocycles. The summed E-state index contributed by atoms with van der Waals surface area (Å²) in [6.45, 7) is 3.82. The van der Waals surface area contributed by atoms with Gasteiger partial charge in [-0.2, -0.15) is 0 Å². The second-order valence-electron chi connectivity index (χ2n) is 4.27. The normalized spacial score (nSPS) is 20.9. The Kier molecular flexibility index (Phi) is 2.07. The van der Waals surface area contributed by atoms with E-state index in [0.29, 0.717) is 5.71 Å². The molecule has 2 aromatic rings. The summed E-state index contributed by atoms with van der Waals surface area (Å²) >= 11 is 0. The first kappa shape index (κ1) is 9.59. The van der Waals surface area contributed by atoms with Gasteiger partial charge in [-0.05, 0) is 19.4 Å². The highest BCUT2D eigenvalue weighted by Crippen LogP contribution is 2.29. The van der Waals surface area contributed by atoms with Crippen LogP contribution in [0.2, 0.25) is 0 Å². The number of rotatable bonds is 1. The van der Waals surface area contributed by atoms with Crippen LogP contribution in [0.15, 0.2) is 16.8 Å². The second-order valence-corrected chi connectivity index (χ2v) is 4.27. The van der Waals surface area contributed by atoms with Crippen LogP contribution in [0.25, 0.3) is 11.1 Å². The zero-order chi connectivity index (χ0) is 11.1. The number of anilines is 1. The Hall–Kier alpha value is -1.62. The largest absolute Gasteiger partial charge is 0.369 e. The highest BCUT2D eigenvalue weighted by molar-refractivity contribution is 5.90. The van der Waals surface area contributed by atoms with E-state index in [4.69, 9.17) is 10.3 Å². The van der Waals surface area contributed by atoms with E-state index < -0.39 is 0 Å². The summed E-state index contributed by atoms with van der Waals surface area (Å²) in [5.41, 5.74) is 8.55. The summed E-state index contributed by atoms with van der Waals surface area (Å²) < 4.78 is 5.16. The van der Waals surface area contributed by atoms with E-state index in [1.807, 2.05) is 13.0 Å². The number of fused-ring (bicyclic) bond motifs is 1. The monoisotopic (exact) mass is 218 g/mol. The third kappa shape index (κ3) is 1.36. The van der Waals surface area contributed by atoms with E-state index in [0.717, 1.165) is 36.3 Å². The van der Waals surface area contributed by atoms with Crippen LogP contribution in [-0.4, -0.2) is 29.3 Å². The Morgan fingerprint density at radius 1 is 1.56 bits per heavy atom. The topological polar surface area (TPSA) is 68.2 Å². The molecule has 1 fully saturated rings. The first-order valence-corrected chi connectivity index (χ1v) is 5.47. The van der Waals surface area contributed by atoms with E-state index >= 15 is 0 Å². The molecule has 0 bridgehead atoms. The summed E-state index contributed by atoms with van der Waals surface area (Å²) in [6.07, 6.45) is 2.79. The zero-order valence-electron chi connectivity index (χ0n) is 9.18. The van der Waals surface area contributed by atoms with Gasteiger partial charge in [-0.3, -0.25) is 0 Å². The van der Waals surface area contributed by atoms with Crippen LogP contribution >= 0.6 is 0 Å². The maximum atomic E-state index is 5.92. The van der Waals surface area contributed by atoms with Gasteiger partial charge in [0.25, 0.3) is 5.71 Å². The molecule has 1 unspecified atom stereocenters. The summed E-state index contributed by atoms with van der Waals surface area (Å²) in [4.78, 5) is 6.44. The fourth-order valence-electron chi connectivity index (χ4n) is 2.27. The molecule has 1 atom stereocenters. The van der Waals surface area contributed by atoms with Crippen molar-refractivity contribution in [2.24, 2.45) is 5.73 Å². The first-order valence-electron chi connectivity index (χ1n) is 5.47. The van der Waals surface area contributed by atoms with Crippen LogP contribution in [-0.2, 0) is 0 Å². The minimum absolute atomic E-state index is 0.267. The summed E-state index contributed by atoms with van der Waals surface area (Å²) in [5.74, 6) is 0. The van der Waals surface area contributed by atoms with Crippen molar-refractivity contribution in [1.29, 1.82) is 0 Å². The summed E-state index contributed by atoms with van der Waals surface area (Å²) in [7, 11) is 0. The van der Waals surface area contributed by atoms with Crippen LogP contribution in [0.5, 0.6) is 0 Å². The molecule has 16 heavy (non-hydrogen) atoms. The maximum Gasteiger partial charge on any atom is 0.260 e. The molecule has 1 saturated heterocycles. The van der Waals surface area contributed by atoms with Gasteiger partial charge in [0.2, 0.25) is 0 Å². The van der Waals surface area contributed by atoms with Crippen LogP contribution < -0.4 is 10.6 Å². The van der Waals surface area contributed by atoms with Crippen molar-refractivity contribution in [3.05, 3.63) is 18.0 Å². The molecule has 5 heteroatoms. The Morgan fingerprint density at radius 2 is 2.44 bits per heavy atom. The molecule has 0 saturated carbocycles. The molecular weight excluding hydrogens is 204 g/mol. The summed E-state index contributed by atoms with van der Waals surface area (Å²) in [5, 5.41) is 4.96. The molecule has 84 valence electrons. The van der Waals surface area contributed by atoms with Crippen molar-refractivity contribution in [1.82, 2.24) is 10.1 Å². The zero-order valence-corrected chi connectivity index (χ0v) is 9.18. The molecule has 0 amide bonds. The molecule has 0 radical (unpaired) electrons. The molecule has 2 N–H and O–H groups in total. The Bertz CT molecular complexity index is 522. The fraction of sp³-hybridized carbons (Fsp3) is 0.455. The smallest absolute Gasteiger partial charge is 0.260 e. The number of nitrogens with two attached hydrogens (primary N) is 1. The van der Waals surface area contributed by atoms with Crippen LogP contribution in [0, 0.1) is 6.92 Å². The van der Waals surface area contributed by atoms with Gasteiger partial charge in [0.15, 0.2) is 0 Å². The lowest BCUT2D eigenvalue weighted by Gasteiger charge is -2.18. The number of hydrogen-bond donors (Lipinski definition) is 1. The van der Waals surface area contributed by atoms with Crippen LogP contribution in [0.1, 0.15) is 12.1 Å². The van der Waals surface area contributed by atoms with Gasteiger partial charge in [-0.1, -0.05) is 5.16 Å². The number of pyridine rings is 1. The van der Waals surface area contributed by atoms with Crippen molar-refractivity contribution in [3.8, 4) is 0 Å². The highest BCUT2D eigenvalue weighted by atomic mass is 16.5. The third-order valence-electron chi connectivity index (χ3n) is 3.09. The van der Waals surface area contributed by atoms with Gasteiger partial charge in [-0.15, -0.1) is 0 Å². The average molecular weight is 218 g/mol. The average Bonchev–Trinajstić information content (AvgIpc) is 2.86. The quantitative estimate of drug-likeness (QED) is 0.775. The van der Waals surface area contributed by atoms with Crippen LogP contribution in [0.4, 0.5) is 5.69 Å². The first-order chi connectivity index (χ1) is 7.75. The second kappa shape index (κ2) is 3.45. The molecule has 0 aromatic carbocycles. The van der Waals surface area contributed by atoms with Crippen molar-refractivity contribution in [2.45, 2.75) is 19.4 Å². The fourth-order valence-corrected chi connectivity index (χ4v) is 2.27. The number of aryl methyl sites for hydroxylation is 1. The Balaban J connectivity index is 2.12. The predicted molar refractivity (Wildman–Crippen MR) is 61.3 cm³/mol. The third-order valence-corrected chi connectivity index (χ3v) is 3.09.